The Labute approximate surface area is 102 Å². The Kier molecular flexibility index (Phi) is 3.83. The third-order valence-corrected chi connectivity index (χ3v) is 3.44. The molecule has 0 saturated carbocycles. The van der Waals surface area contributed by atoms with E-state index >= 15 is 0 Å². The van der Waals surface area contributed by atoms with E-state index < -0.39 is 17.7 Å². The van der Waals surface area contributed by atoms with Crippen LogP contribution < -0.4 is 11.3 Å². The van der Waals surface area contributed by atoms with Crippen molar-refractivity contribution in [1.29, 1.82) is 0 Å². The second-order valence-electron chi connectivity index (χ2n) is 3.65. The van der Waals surface area contributed by atoms with E-state index in [9.17, 15) is 8.78 Å². The fraction of sp³-hybridized carbons (Fsp3) is 0.167. The van der Waals surface area contributed by atoms with Gasteiger partial charge in [-0.05, 0) is 17.5 Å². The molecule has 0 amide bonds. The molecule has 0 aliphatic carbocycles. The van der Waals surface area contributed by atoms with E-state index in [0.29, 0.717) is 6.42 Å². The minimum Gasteiger partial charge on any atom is -0.271 e. The van der Waals surface area contributed by atoms with E-state index in [4.69, 9.17) is 5.84 Å². The number of rotatable bonds is 4. The lowest BCUT2D eigenvalue weighted by atomic mass is 10.0. The van der Waals surface area contributed by atoms with Crippen LogP contribution in [0.25, 0.3) is 0 Å². The number of nitrogens with one attached hydrogen (secondary N) is 1. The zero-order chi connectivity index (χ0) is 12.3. The number of halogens is 2. The van der Waals surface area contributed by atoms with Crippen molar-refractivity contribution in [3.8, 4) is 0 Å². The molecular weight excluding hydrogens is 242 g/mol. The van der Waals surface area contributed by atoms with Crippen LogP contribution in [0, 0.1) is 11.6 Å². The largest absolute Gasteiger partial charge is 0.271 e. The molecule has 0 aliphatic heterocycles. The van der Waals surface area contributed by atoms with Crippen molar-refractivity contribution >= 4 is 11.3 Å². The number of hydrogen-bond donors (Lipinski definition) is 2. The summed E-state index contributed by atoms with van der Waals surface area (Å²) < 4.78 is 26.7. The van der Waals surface area contributed by atoms with Gasteiger partial charge in [-0.3, -0.25) is 11.3 Å². The maximum Gasteiger partial charge on any atom is 0.163 e. The molecular formula is C12H12F2N2S. The molecule has 0 saturated heterocycles. The minimum atomic E-state index is -0.853. The monoisotopic (exact) mass is 254 g/mol. The lowest BCUT2D eigenvalue weighted by molar-refractivity contribution is 0.465. The van der Waals surface area contributed by atoms with Gasteiger partial charge in [-0.15, -0.1) is 11.3 Å². The maximum absolute atomic E-state index is 13.6. The topological polar surface area (TPSA) is 38.0 Å². The quantitative estimate of drug-likeness (QED) is 0.650. The predicted octanol–water partition coefficient (Wildman–Crippen LogP) is 2.77. The molecule has 1 aromatic carbocycles. The van der Waals surface area contributed by atoms with Crippen LogP contribution in [0.15, 0.2) is 35.7 Å². The van der Waals surface area contributed by atoms with Crippen LogP contribution in [-0.4, -0.2) is 0 Å². The molecule has 0 fully saturated rings. The van der Waals surface area contributed by atoms with E-state index in [2.05, 4.69) is 5.43 Å². The molecule has 0 bridgehead atoms. The summed E-state index contributed by atoms with van der Waals surface area (Å²) in [6.45, 7) is 0. The van der Waals surface area contributed by atoms with Crippen LogP contribution in [0.5, 0.6) is 0 Å². The second kappa shape index (κ2) is 5.35. The highest BCUT2D eigenvalue weighted by Crippen LogP contribution is 2.24. The van der Waals surface area contributed by atoms with E-state index in [1.807, 2.05) is 17.5 Å². The van der Waals surface area contributed by atoms with Crippen molar-refractivity contribution in [3.05, 3.63) is 57.8 Å². The summed E-state index contributed by atoms with van der Waals surface area (Å²) >= 11 is 1.56. The Bertz CT molecular complexity index is 485. The second-order valence-corrected chi connectivity index (χ2v) is 4.68. The highest BCUT2D eigenvalue weighted by molar-refractivity contribution is 7.09. The lowest BCUT2D eigenvalue weighted by Gasteiger charge is -2.16. The molecule has 90 valence electrons. The molecule has 2 rings (SSSR count). The molecule has 17 heavy (non-hydrogen) atoms. The Morgan fingerprint density at radius 3 is 2.71 bits per heavy atom. The van der Waals surface area contributed by atoms with Gasteiger partial charge in [0.15, 0.2) is 11.6 Å². The molecule has 1 atom stereocenters. The number of benzene rings is 1. The first-order chi connectivity index (χ1) is 8.22. The summed E-state index contributed by atoms with van der Waals surface area (Å²) in [6, 6.07) is 7.53. The van der Waals surface area contributed by atoms with Crippen LogP contribution in [0.2, 0.25) is 0 Å². The SMILES string of the molecule is NNC(Cc1cccs1)c1cccc(F)c1F. The zero-order valence-electron chi connectivity index (χ0n) is 8.99. The van der Waals surface area contributed by atoms with Crippen LogP contribution in [0.4, 0.5) is 8.78 Å². The normalized spacial score (nSPS) is 12.6. The van der Waals surface area contributed by atoms with Crippen molar-refractivity contribution < 1.29 is 8.78 Å². The van der Waals surface area contributed by atoms with Gasteiger partial charge in [0, 0.05) is 16.9 Å². The van der Waals surface area contributed by atoms with Gasteiger partial charge in [-0.1, -0.05) is 18.2 Å². The van der Waals surface area contributed by atoms with Crippen molar-refractivity contribution in [2.75, 3.05) is 0 Å². The molecule has 1 unspecified atom stereocenters. The number of hydrazine groups is 1. The van der Waals surface area contributed by atoms with Crippen molar-refractivity contribution in [3.63, 3.8) is 0 Å². The first-order valence-electron chi connectivity index (χ1n) is 5.14. The molecule has 0 spiro atoms. The van der Waals surface area contributed by atoms with Gasteiger partial charge in [0.2, 0.25) is 0 Å². The van der Waals surface area contributed by atoms with E-state index in [1.165, 1.54) is 12.1 Å². The smallest absolute Gasteiger partial charge is 0.163 e. The Hall–Kier alpha value is -1.30. The van der Waals surface area contributed by atoms with Gasteiger partial charge in [0.25, 0.3) is 0 Å². The van der Waals surface area contributed by atoms with Crippen LogP contribution in [0.3, 0.4) is 0 Å². The molecule has 2 nitrogen and oxygen atoms in total. The summed E-state index contributed by atoms with van der Waals surface area (Å²) in [5, 5.41) is 1.94. The minimum absolute atomic E-state index is 0.251. The van der Waals surface area contributed by atoms with Crippen LogP contribution in [0.1, 0.15) is 16.5 Å². The average molecular weight is 254 g/mol. The van der Waals surface area contributed by atoms with Crippen LogP contribution >= 0.6 is 11.3 Å². The van der Waals surface area contributed by atoms with Crippen molar-refractivity contribution in [2.24, 2.45) is 5.84 Å². The Balaban J connectivity index is 2.26. The van der Waals surface area contributed by atoms with Crippen molar-refractivity contribution in [1.82, 2.24) is 5.43 Å². The molecule has 0 radical (unpaired) electrons. The molecule has 2 aromatic rings. The molecule has 3 N–H and O–H groups in total. The third kappa shape index (κ3) is 2.69. The molecule has 5 heteroatoms. The zero-order valence-corrected chi connectivity index (χ0v) is 9.81. The summed E-state index contributed by atoms with van der Waals surface area (Å²) in [5.74, 6) is 3.71. The number of hydrogen-bond acceptors (Lipinski definition) is 3. The van der Waals surface area contributed by atoms with Gasteiger partial charge >= 0.3 is 0 Å². The average Bonchev–Trinajstić information content (AvgIpc) is 2.83. The summed E-state index contributed by atoms with van der Waals surface area (Å²) in [4.78, 5) is 1.07. The van der Waals surface area contributed by atoms with Crippen LogP contribution in [-0.2, 0) is 6.42 Å². The highest BCUT2D eigenvalue weighted by atomic mass is 32.1. The predicted molar refractivity (Wildman–Crippen MR) is 64.4 cm³/mol. The van der Waals surface area contributed by atoms with Gasteiger partial charge in [-0.2, -0.15) is 0 Å². The Morgan fingerprint density at radius 2 is 2.06 bits per heavy atom. The highest BCUT2D eigenvalue weighted by Gasteiger charge is 2.17. The van der Waals surface area contributed by atoms with E-state index in [0.717, 1.165) is 10.9 Å². The maximum atomic E-state index is 13.6. The summed E-state index contributed by atoms with van der Waals surface area (Å²) in [5.41, 5.74) is 2.78. The molecule has 1 aromatic heterocycles. The summed E-state index contributed by atoms with van der Waals surface area (Å²) in [7, 11) is 0. The molecule has 1 heterocycles. The first-order valence-corrected chi connectivity index (χ1v) is 6.02. The van der Waals surface area contributed by atoms with E-state index in [1.54, 1.807) is 11.3 Å². The lowest BCUT2D eigenvalue weighted by Crippen LogP contribution is -2.30. The van der Waals surface area contributed by atoms with Gasteiger partial charge in [-0.25, -0.2) is 8.78 Å². The van der Waals surface area contributed by atoms with E-state index in [-0.39, 0.29) is 5.56 Å². The first kappa shape index (κ1) is 12.2. The Morgan fingerprint density at radius 1 is 1.24 bits per heavy atom. The van der Waals surface area contributed by atoms with Crippen molar-refractivity contribution in [2.45, 2.75) is 12.5 Å². The molecule has 0 aliphatic rings. The standard InChI is InChI=1S/C12H12F2N2S/c13-10-5-1-4-9(12(10)14)11(16-15)7-8-3-2-6-17-8/h1-6,11,16H,7,15H2. The fourth-order valence-electron chi connectivity index (χ4n) is 1.68. The summed E-state index contributed by atoms with van der Waals surface area (Å²) in [6.07, 6.45) is 0.536. The number of thiophene rings is 1. The number of nitrogens with two attached hydrogens (primary N) is 1. The van der Waals surface area contributed by atoms with Gasteiger partial charge in [0.1, 0.15) is 0 Å². The fourth-order valence-corrected chi connectivity index (χ4v) is 2.43. The van der Waals surface area contributed by atoms with Gasteiger partial charge in [0.05, 0.1) is 6.04 Å². The third-order valence-electron chi connectivity index (χ3n) is 2.54. The van der Waals surface area contributed by atoms with Gasteiger partial charge < -0.3 is 0 Å².